The lowest BCUT2D eigenvalue weighted by atomic mass is 10.1. The van der Waals surface area contributed by atoms with E-state index in [1.807, 2.05) is 19.2 Å². The van der Waals surface area contributed by atoms with Crippen molar-refractivity contribution in [3.05, 3.63) is 29.8 Å². The van der Waals surface area contributed by atoms with Gasteiger partial charge in [-0.25, -0.2) is 0 Å². The number of rotatable bonds is 25. The van der Waals surface area contributed by atoms with Gasteiger partial charge in [-0.05, 0) is 61.6 Å². The Morgan fingerprint density at radius 3 is 2.33 bits per heavy atom. The Morgan fingerprint density at radius 1 is 0.930 bits per heavy atom. The van der Waals surface area contributed by atoms with E-state index < -0.39 is 5.44 Å². The average molecular weight is 619 g/mol. The number of carbonyl (C=O) groups excluding carboxylic acids is 2. The number of hydrogen-bond donors (Lipinski definition) is 1. The largest absolute Gasteiger partial charge is 0.490 e. The van der Waals surface area contributed by atoms with E-state index in [1.165, 1.54) is 0 Å². The van der Waals surface area contributed by atoms with Crippen molar-refractivity contribution in [3.63, 3.8) is 0 Å². The van der Waals surface area contributed by atoms with Gasteiger partial charge in [0.15, 0.2) is 5.44 Å². The van der Waals surface area contributed by atoms with Gasteiger partial charge < -0.3 is 29.0 Å². The van der Waals surface area contributed by atoms with E-state index in [4.69, 9.17) is 28.9 Å². The molecule has 0 heterocycles. The van der Waals surface area contributed by atoms with Crippen LogP contribution in [0, 0.1) is 34.3 Å². The molecule has 1 rings (SSSR count). The van der Waals surface area contributed by atoms with E-state index in [0.717, 1.165) is 24.6 Å². The van der Waals surface area contributed by atoms with Gasteiger partial charge in [-0.3, -0.25) is 9.59 Å². The fourth-order valence-corrected chi connectivity index (χ4v) is 4.10. The highest BCUT2D eigenvalue weighted by Gasteiger charge is 2.13. The number of thiocyanates is 1. The van der Waals surface area contributed by atoms with Crippen LogP contribution in [0.25, 0.3) is 0 Å². The molecule has 0 saturated carbocycles. The van der Waals surface area contributed by atoms with E-state index in [1.54, 1.807) is 24.3 Å². The number of thioether (sulfide) groups is 1. The predicted octanol–water partition coefficient (Wildman–Crippen LogP) is 5.63. The summed E-state index contributed by atoms with van der Waals surface area (Å²) in [6.07, 6.45) is 4.41. The highest BCUT2D eigenvalue weighted by molar-refractivity contribution is 8.04. The predicted molar refractivity (Wildman–Crippen MR) is 170 cm³/mol. The van der Waals surface area contributed by atoms with Gasteiger partial charge in [0.2, 0.25) is 0 Å². The Balaban J connectivity index is 2.10. The zero-order chi connectivity index (χ0) is 31.5. The first kappa shape index (κ1) is 38.4. The van der Waals surface area contributed by atoms with Crippen LogP contribution in [-0.2, 0) is 23.7 Å². The fraction of sp³-hybridized carbons (Fsp3) is 0.667. The molecule has 0 fully saturated rings. The van der Waals surface area contributed by atoms with Crippen LogP contribution in [0.15, 0.2) is 24.3 Å². The lowest BCUT2D eigenvalue weighted by Crippen LogP contribution is -2.25. The van der Waals surface area contributed by atoms with E-state index in [9.17, 15) is 9.59 Å². The maximum atomic E-state index is 12.4. The molecule has 0 aromatic heterocycles. The van der Waals surface area contributed by atoms with Crippen molar-refractivity contribution in [2.75, 3.05) is 59.4 Å². The zero-order valence-corrected chi connectivity index (χ0v) is 27.2. The minimum Gasteiger partial charge on any atom is -0.490 e. The van der Waals surface area contributed by atoms with E-state index in [0.29, 0.717) is 102 Å². The molecular formula is C33H50N2O7S. The smallest absolute Gasteiger partial charge is 0.251 e. The van der Waals surface area contributed by atoms with Crippen molar-refractivity contribution in [2.45, 2.75) is 71.7 Å². The summed E-state index contributed by atoms with van der Waals surface area (Å²) >= 11 is 0.970. The van der Waals surface area contributed by atoms with Crippen LogP contribution >= 0.6 is 11.8 Å². The quantitative estimate of drug-likeness (QED) is 0.0644. The maximum absolute atomic E-state index is 12.4. The van der Waals surface area contributed by atoms with Gasteiger partial charge in [0.25, 0.3) is 5.91 Å². The van der Waals surface area contributed by atoms with Crippen molar-refractivity contribution < 1.29 is 33.3 Å². The lowest BCUT2D eigenvalue weighted by Gasteiger charge is -2.16. The molecule has 1 N–H and O–H groups in total. The number of benzene rings is 1. The third-order valence-corrected chi connectivity index (χ3v) is 6.51. The van der Waals surface area contributed by atoms with Crippen molar-refractivity contribution in [2.24, 2.45) is 11.8 Å². The number of nitrogens with one attached hydrogen (secondary N) is 1. The van der Waals surface area contributed by atoms with Gasteiger partial charge in [-0.1, -0.05) is 45.6 Å². The normalized spacial score (nSPS) is 11.6. The summed E-state index contributed by atoms with van der Waals surface area (Å²) in [7, 11) is 0. The second-order valence-electron chi connectivity index (χ2n) is 10.6. The van der Waals surface area contributed by atoms with Crippen molar-refractivity contribution in [1.29, 1.82) is 5.26 Å². The zero-order valence-electron chi connectivity index (χ0n) is 26.4. The van der Waals surface area contributed by atoms with Crippen molar-refractivity contribution in [1.82, 2.24) is 5.32 Å². The molecule has 0 spiro atoms. The van der Waals surface area contributed by atoms with Crippen LogP contribution < -0.4 is 10.1 Å². The van der Waals surface area contributed by atoms with Gasteiger partial charge in [0.1, 0.15) is 30.1 Å². The van der Waals surface area contributed by atoms with Gasteiger partial charge in [0, 0.05) is 44.1 Å². The molecule has 0 saturated heterocycles. The van der Waals surface area contributed by atoms with E-state index in [2.05, 4.69) is 31.0 Å². The van der Waals surface area contributed by atoms with Crippen LogP contribution in [0.2, 0.25) is 0 Å². The molecule has 0 aliphatic carbocycles. The van der Waals surface area contributed by atoms with Gasteiger partial charge in [-0.15, -0.1) is 0 Å². The van der Waals surface area contributed by atoms with Gasteiger partial charge in [0.05, 0.1) is 26.4 Å². The summed E-state index contributed by atoms with van der Waals surface area (Å²) in [6, 6.07) is 6.97. The lowest BCUT2D eigenvalue weighted by molar-refractivity contribution is -0.119. The number of ketones is 1. The number of nitrogens with zero attached hydrogens (tertiary/aromatic N) is 1. The van der Waals surface area contributed by atoms with Crippen molar-refractivity contribution >= 4 is 23.5 Å². The molecule has 0 unspecified atom stereocenters. The minimum absolute atomic E-state index is 0.136. The number of amides is 1. The first-order chi connectivity index (χ1) is 20.8. The first-order valence-electron chi connectivity index (χ1n) is 15.2. The minimum atomic E-state index is -0.499. The fourth-order valence-electron chi connectivity index (χ4n) is 3.68. The number of hydrogen-bond acceptors (Lipinski definition) is 9. The number of nitriles is 1. The van der Waals surface area contributed by atoms with Crippen LogP contribution in [0.1, 0.15) is 76.6 Å². The second kappa shape index (κ2) is 25.9. The molecule has 0 bridgehead atoms. The van der Waals surface area contributed by atoms with Crippen LogP contribution in [0.3, 0.4) is 0 Å². The molecule has 1 atom stereocenters. The average Bonchev–Trinajstić information content (AvgIpc) is 2.98. The molecule has 0 radical (unpaired) electrons. The molecule has 1 amide bonds. The molecule has 0 aliphatic heterocycles. The third-order valence-electron chi connectivity index (χ3n) is 5.87. The Labute approximate surface area is 262 Å². The van der Waals surface area contributed by atoms with Crippen LogP contribution in [0.4, 0.5) is 0 Å². The monoisotopic (exact) mass is 618 g/mol. The molecule has 0 aliphatic rings. The molecule has 43 heavy (non-hydrogen) atoms. The number of carbonyl (C=O) groups is 2. The highest BCUT2D eigenvalue weighted by Crippen LogP contribution is 2.17. The molecule has 10 heteroatoms. The topological polar surface area (TPSA) is 116 Å². The molecule has 1 aromatic rings. The van der Waals surface area contributed by atoms with Gasteiger partial charge >= 0.3 is 0 Å². The SMILES string of the molecule is CC(C)C#CCOCCCC(=O)CCCOCCOCCO[C@H](COc1cccc(C(=O)NCCCC(C)C)c1)SC#N. The maximum Gasteiger partial charge on any atom is 0.251 e. The summed E-state index contributed by atoms with van der Waals surface area (Å²) in [4.78, 5) is 24.3. The highest BCUT2D eigenvalue weighted by atomic mass is 32.2. The first-order valence-corrected chi connectivity index (χ1v) is 16.1. The Hall–Kier alpha value is -2.60. The molecule has 240 valence electrons. The third kappa shape index (κ3) is 22.6. The van der Waals surface area contributed by atoms with Crippen molar-refractivity contribution in [3.8, 4) is 23.0 Å². The molecular weight excluding hydrogens is 568 g/mol. The Kier molecular flexibility index (Phi) is 23.1. The summed E-state index contributed by atoms with van der Waals surface area (Å²) < 4.78 is 28.0. The summed E-state index contributed by atoms with van der Waals surface area (Å²) in [5.41, 5.74) is 0.0279. The van der Waals surface area contributed by atoms with E-state index >= 15 is 0 Å². The number of Topliss-reactive ketones (excluding diaryl/α,β-unsaturated/α-hetero) is 1. The summed E-state index contributed by atoms with van der Waals surface area (Å²) in [5.74, 6) is 7.56. The summed E-state index contributed by atoms with van der Waals surface area (Å²) in [6.45, 7) is 12.1. The summed E-state index contributed by atoms with van der Waals surface area (Å²) in [5, 5.41) is 14.1. The Bertz CT molecular complexity index is 1000. The van der Waals surface area contributed by atoms with E-state index in [-0.39, 0.29) is 18.3 Å². The second-order valence-corrected chi connectivity index (χ2v) is 11.6. The molecule has 1 aromatic carbocycles. The van der Waals surface area contributed by atoms with Crippen LogP contribution in [0.5, 0.6) is 5.75 Å². The Morgan fingerprint density at radius 2 is 1.63 bits per heavy atom. The van der Waals surface area contributed by atoms with Gasteiger partial charge in [-0.2, -0.15) is 5.26 Å². The molecule has 9 nitrogen and oxygen atoms in total. The number of ether oxygens (including phenoxy) is 5. The van der Waals surface area contributed by atoms with Crippen LogP contribution in [-0.4, -0.2) is 76.5 Å². The standard InChI is InChI=1S/C33H50N2O7S/c1-27(2)10-6-16-35-33(37)29-12-5-15-31(24-29)42-25-32(43-26-34)41-23-22-40-21-20-39-19-9-14-30(36)13-8-18-38-17-7-11-28(3)4/h5,12,15,24,27-28,32H,6,8-10,13-14,16-23,25H2,1-4H3,(H,35,37)/t32-/m0/s1.